The lowest BCUT2D eigenvalue weighted by Gasteiger charge is -2.56. The monoisotopic (exact) mass is 592 g/mol. The average molecular weight is 594 g/mol. The standard InChI is InChI=1S/C29H33ClN2OS3.ClH/c30-23-7-5-19(6-8-23)24-15-20(4-2-1-3-9-31)25(35-24)16-26-28(33)32(29(34)36-26)27-21-11-17-10-18(13-21)14-22(27)12-17;/h5-8,15-18,21-22,27H,1-4,9-14,31H2;1H/b26-16-;. The Morgan fingerprint density at radius 3 is 2.35 bits per heavy atom. The van der Waals surface area contributed by atoms with Gasteiger partial charge < -0.3 is 5.73 Å². The van der Waals surface area contributed by atoms with Gasteiger partial charge in [-0.25, -0.2) is 0 Å². The van der Waals surface area contributed by atoms with Gasteiger partial charge in [-0.05, 0) is 117 Å². The fraction of sp³-hybridized carbons (Fsp3) is 0.517. The van der Waals surface area contributed by atoms with Gasteiger partial charge in [-0.3, -0.25) is 9.69 Å². The zero-order chi connectivity index (χ0) is 24.8. The zero-order valence-electron chi connectivity index (χ0n) is 20.9. The number of thioether (sulfide) groups is 1. The van der Waals surface area contributed by atoms with Gasteiger partial charge in [0.25, 0.3) is 5.91 Å². The number of hydrogen-bond acceptors (Lipinski definition) is 5. The molecule has 1 saturated heterocycles. The number of thiocarbonyl (C=S) groups is 1. The van der Waals surface area contributed by atoms with Crippen molar-refractivity contribution in [1.29, 1.82) is 0 Å². The molecule has 3 nitrogen and oxygen atoms in total. The van der Waals surface area contributed by atoms with Crippen LogP contribution >= 0.6 is 59.3 Å². The molecule has 5 aliphatic rings. The molecule has 0 atom stereocenters. The third-order valence-corrected chi connectivity index (χ3v) is 11.4. The number of halogens is 2. The van der Waals surface area contributed by atoms with Crippen molar-refractivity contribution in [3.63, 3.8) is 0 Å². The van der Waals surface area contributed by atoms with Gasteiger partial charge >= 0.3 is 0 Å². The number of benzene rings is 1. The molecule has 0 radical (unpaired) electrons. The molecule has 4 bridgehead atoms. The predicted molar refractivity (Wildman–Crippen MR) is 164 cm³/mol. The van der Waals surface area contributed by atoms with E-state index in [-0.39, 0.29) is 18.3 Å². The van der Waals surface area contributed by atoms with E-state index >= 15 is 0 Å². The smallest absolute Gasteiger partial charge is 0.266 e. The number of nitrogens with zero attached hydrogens (tertiary/aromatic N) is 1. The first-order valence-electron chi connectivity index (χ1n) is 13.4. The van der Waals surface area contributed by atoms with Crippen LogP contribution in [-0.2, 0) is 11.2 Å². The number of nitrogens with two attached hydrogens (primary N) is 1. The van der Waals surface area contributed by atoms with Gasteiger partial charge in [0, 0.05) is 20.8 Å². The van der Waals surface area contributed by atoms with E-state index in [1.165, 1.54) is 59.2 Å². The van der Waals surface area contributed by atoms with Crippen LogP contribution in [0.25, 0.3) is 16.5 Å². The quantitative estimate of drug-likeness (QED) is 0.191. The van der Waals surface area contributed by atoms with Crippen LogP contribution < -0.4 is 5.73 Å². The Morgan fingerprint density at radius 2 is 1.70 bits per heavy atom. The van der Waals surface area contributed by atoms with E-state index in [0.29, 0.717) is 17.9 Å². The lowest BCUT2D eigenvalue weighted by Crippen LogP contribution is -2.57. The van der Waals surface area contributed by atoms with E-state index in [4.69, 9.17) is 29.6 Å². The molecule has 1 aromatic carbocycles. The third-order valence-electron chi connectivity index (χ3n) is 8.68. The molecule has 1 aromatic heterocycles. The van der Waals surface area contributed by atoms with Crippen LogP contribution in [-0.4, -0.2) is 27.7 Å². The molecule has 7 rings (SSSR count). The van der Waals surface area contributed by atoms with Crippen LogP contribution in [0.5, 0.6) is 0 Å². The molecule has 198 valence electrons. The molecule has 4 saturated carbocycles. The van der Waals surface area contributed by atoms with Crippen molar-refractivity contribution in [1.82, 2.24) is 4.90 Å². The van der Waals surface area contributed by atoms with Gasteiger partial charge in [-0.1, -0.05) is 54.1 Å². The molecule has 2 heterocycles. The minimum absolute atomic E-state index is 0. The number of hydrogen-bond donors (Lipinski definition) is 1. The Balaban J connectivity index is 0.00000280. The average Bonchev–Trinajstić information content (AvgIpc) is 3.37. The van der Waals surface area contributed by atoms with E-state index in [2.05, 4.69) is 24.3 Å². The predicted octanol–water partition coefficient (Wildman–Crippen LogP) is 8.19. The first-order valence-corrected chi connectivity index (χ1v) is 15.8. The van der Waals surface area contributed by atoms with Crippen molar-refractivity contribution in [2.24, 2.45) is 29.4 Å². The molecule has 0 spiro atoms. The molecular formula is C29H34Cl2N2OS3. The normalized spacial score (nSPS) is 29.4. The lowest BCUT2D eigenvalue weighted by atomic mass is 9.54. The van der Waals surface area contributed by atoms with Crippen molar-refractivity contribution in [2.75, 3.05) is 6.54 Å². The largest absolute Gasteiger partial charge is 0.330 e. The molecular weight excluding hydrogens is 559 g/mol. The Labute approximate surface area is 245 Å². The van der Waals surface area contributed by atoms with Crippen LogP contribution in [0.2, 0.25) is 5.02 Å². The lowest BCUT2D eigenvalue weighted by molar-refractivity contribution is -0.130. The van der Waals surface area contributed by atoms with Crippen LogP contribution in [0.1, 0.15) is 61.8 Å². The molecule has 8 heteroatoms. The van der Waals surface area contributed by atoms with Gasteiger partial charge in [0.1, 0.15) is 4.32 Å². The topological polar surface area (TPSA) is 46.3 Å². The van der Waals surface area contributed by atoms with Gasteiger partial charge in [0.05, 0.1) is 4.91 Å². The third kappa shape index (κ3) is 5.57. The van der Waals surface area contributed by atoms with Gasteiger partial charge in [0.2, 0.25) is 0 Å². The Hall–Kier alpha value is -0.890. The molecule has 1 aliphatic heterocycles. The van der Waals surface area contributed by atoms with Crippen molar-refractivity contribution >= 4 is 75.6 Å². The van der Waals surface area contributed by atoms with Crippen molar-refractivity contribution in [2.45, 2.75) is 63.8 Å². The van der Waals surface area contributed by atoms with E-state index in [1.54, 1.807) is 11.3 Å². The zero-order valence-corrected chi connectivity index (χ0v) is 24.9. The van der Waals surface area contributed by atoms with Gasteiger partial charge in [-0.2, -0.15) is 0 Å². The highest BCUT2D eigenvalue weighted by molar-refractivity contribution is 8.26. The Kier molecular flexibility index (Phi) is 8.74. The summed E-state index contributed by atoms with van der Waals surface area (Å²) in [6.07, 6.45) is 13.0. The fourth-order valence-electron chi connectivity index (χ4n) is 7.33. The van der Waals surface area contributed by atoms with Crippen LogP contribution in [0.3, 0.4) is 0 Å². The highest BCUT2D eigenvalue weighted by Crippen LogP contribution is 2.56. The maximum absolute atomic E-state index is 13.8. The maximum atomic E-state index is 13.8. The van der Waals surface area contributed by atoms with Crippen LogP contribution in [0, 0.1) is 23.7 Å². The summed E-state index contributed by atoms with van der Waals surface area (Å²) in [6, 6.07) is 10.6. The second-order valence-corrected chi connectivity index (χ2v) is 14.3. The van der Waals surface area contributed by atoms with Crippen molar-refractivity contribution < 1.29 is 4.79 Å². The summed E-state index contributed by atoms with van der Waals surface area (Å²) in [6.45, 7) is 0.736. The van der Waals surface area contributed by atoms with E-state index in [9.17, 15) is 4.79 Å². The number of carbonyl (C=O) groups excluding carboxylic acids is 1. The summed E-state index contributed by atoms with van der Waals surface area (Å²) >= 11 is 15.2. The van der Waals surface area contributed by atoms with Crippen molar-refractivity contribution in [3.05, 3.63) is 50.7 Å². The van der Waals surface area contributed by atoms with Crippen LogP contribution in [0.15, 0.2) is 35.2 Å². The first-order chi connectivity index (χ1) is 17.5. The molecule has 0 unspecified atom stereocenters. The Morgan fingerprint density at radius 1 is 1.03 bits per heavy atom. The first kappa shape index (κ1) is 27.7. The molecule has 37 heavy (non-hydrogen) atoms. The van der Waals surface area contributed by atoms with E-state index in [0.717, 1.165) is 63.9 Å². The van der Waals surface area contributed by atoms with E-state index in [1.807, 2.05) is 17.0 Å². The van der Waals surface area contributed by atoms with Gasteiger partial charge in [0.15, 0.2) is 0 Å². The van der Waals surface area contributed by atoms with E-state index < -0.39 is 0 Å². The maximum Gasteiger partial charge on any atom is 0.266 e. The summed E-state index contributed by atoms with van der Waals surface area (Å²) in [5.74, 6) is 3.19. The number of carbonyl (C=O) groups is 1. The van der Waals surface area contributed by atoms with Gasteiger partial charge in [-0.15, -0.1) is 23.7 Å². The summed E-state index contributed by atoms with van der Waals surface area (Å²) in [4.78, 5) is 19.0. The van der Waals surface area contributed by atoms with Crippen molar-refractivity contribution in [3.8, 4) is 10.4 Å². The molecule has 4 aliphatic carbocycles. The SMILES string of the molecule is Cl.NCCCCCc1cc(-c2ccc(Cl)cc2)sc1/C=C1\SC(=S)N(C2C3CC4CC(C3)CC2C4)C1=O. The molecule has 2 aromatic rings. The minimum Gasteiger partial charge on any atom is -0.330 e. The summed E-state index contributed by atoms with van der Waals surface area (Å²) in [5, 5.41) is 0.742. The van der Waals surface area contributed by atoms with Crippen LogP contribution in [0.4, 0.5) is 0 Å². The number of thiophene rings is 1. The Bertz CT molecular complexity index is 1160. The highest BCUT2D eigenvalue weighted by Gasteiger charge is 2.53. The molecule has 5 fully saturated rings. The highest BCUT2D eigenvalue weighted by atomic mass is 35.5. The number of unbranched alkanes of at least 4 members (excludes halogenated alkanes) is 2. The molecule has 2 N–H and O–H groups in total. The second kappa shape index (κ2) is 11.7. The summed E-state index contributed by atoms with van der Waals surface area (Å²) in [5.41, 5.74) is 8.18. The summed E-state index contributed by atoms with van der Waals surface area (Å²) in [7, 11) is 0. The number of aryl methyl sites for hydroxylation is 1. The number of amides is 1. The fourth-order valence-corrected chi connectivity index (χ4v) is 10.0. The molecule has 1 amide bonds. The summed E-state index contributed by atoms with van der Waals surface area (Å²) < 4.78 is 0.766. The minimum atomic E-state index is 0. The number of rotatable bonds is 8. The second-order valence-electron chi connectivity index (χ2n) is 11.1.